The number of hydrogen-bond acceptors (Lipinski definition) is 5. The summed E-state index contributed by atoms with van der Waals surface area (Å²) in [6.07, 6.45) is 3.75. The molecule has 6 nitrogen and oxygen atoms in total. The molecule has 1 aliphatic rings. The molecule has 6 heteroatoms. The quantitative estimate of drug-likeness (QED) is 0.900. The molecular formula is C17H20N2O4. The van der Waals surface area contributed by atoms with Crippen LogP contribution in [0.1, 0.15) is 40.1 Å². The van der Waals surface area contributed by atoms with Crippen molar-refractivity contribution >= 4 is 5.91 Å². The van der Waals surface area contributed by atoms with Crippen molar-refractivity contribution < 1.29 is 19.2 Å². The number of aryl methyl sites for hydroxylation is 2. The number of fused-ring (bicyclic) bond motifs is 1. The van der Waals surface area contributed by atoms with Gasteiger partial charge < -0.3 is 19.7 Å². The van der Waals surface area contributed by atoms with Crippen molar-refractivity contribution in [3.63, 3.8) is 0 Å². The number of benzene rings is 1. The summed E-state index contributed by atoms with van der Waals surface area (Å²) < 4.78 is 10.1. The van der Waals surface area contributed by atoms with Gasteiger partial charge in [0.25, 0.3) is 5.91 Å². The Balaban J connectivity index is 1.78. The number of aromatic nitrogens is 1. The van der Waals surface area contributed by atoms with Crippen LogP contribution in [0.3, 0.4) is 0 Å². The fraction of sp³-hybridized carbons (Fsp3) is 0.412. The standard InChI is InChI=1S/C17H20N2O4/c1-11-14(9-19-23-11)16(20)18-10-17(21)7-3-4-12-8-13(22-2)5-6-15(12)17/h5-6,8-9,21H,3-4,7,10H2,1-2H3,(H,18,20)/t17-/m0/s1. The average molecular weight is 316 g/mol. The Morgan fingerprint density at radius 3 is 3.04 bits per heavy atom. The lowest BCUT2D eigenvalue weighted by Crippen LogP contribution is -2.43. The Kier molecular flexibility index (Phi) is 4.09. The third kappa shape index (κ3) is 2.94. The summed E-state index contributed by atoms with van der Waals surface area (Å²) in [5.74, 6) is 0.943. The molecule has 0 saturated heterocycles. The van der Waals surface area contributed by atoms with E-state index in [9.17, 15) is 9.90 Å². The topological polar surface area (TPSA) is 84.6 Å². The smallest absolute Gasteiger partial charge is 0.256 e. The van der Waals surface area contributed by atoms with Crippen LogP contribution in [0.2, 0.25) is 0 Å². The van der Waals surface area contributed by atoms with Gasteiger partial charge >= 0.3 is 0 Å². The van der Waals surface area contributed by atoms with E-state index in [4.69, 9.17) is 9.26 Å². The minimum absolute atomic E-state index is 0.149. The van der Waals surface area contributed by atoms with Gasteiger partial charge in [-0.25, -0.2) is 0 Å². The number of rotatable bonds is 4. The second kappa shape index (κ2) is 6.04. The van der Waals surface area contributed by atoms with E-state index in [1.807, 2.05) is 18.2 Å². The largest absolute Gasteiger partial charge is 0.497 e. The van der Waals surface area contributed by atoms with E-state index < -0.39 is 5.60 Å². The monoisotopic (exact) mass is 316 g/mol. The van der Waals surface area contributed by atoms with Gasteiger partial charge in [-0.3, -0.25) is 4.79 Å². The van der Waals surface area contributed by atoms with Gasteiger partial charge in [0.05, 0.1) is 19.9 Å². The number of carbonyl (C=O) groups is 1. The first-order valence-electron chi connectivity index (χ1n) is 7.63. The summed E-state index contributed by atoms with van der Waals surface area (Å²) in [5, 5.41) is 17.4. The minimum Gasteiger partial charge on any atom is -0.497 e. The molecule has 1 aliphatic carbocycles. The number of amides is 1. The van der Waals surface area contributed by atoms with Crippen LogP contribution in [-0.2, 0) is 12.0 Å². The third-order valence-electron chi connectivity index (χ3n) is 4.39. The summed E-state index contributed by atoms with van der Waals surface area (Å²) in [6.45, 7) is 1.83. The second-order valence-corrected chi connectivity index (χ2v) is 5.89. The van der Waals surface area contributed by atoms with Crippen molar-refractivity contribution in [2.45, 2.75) is 31.8 Å². The summed E-state index contributed by atoms with van der Waals surface area (Å²) in [7, 11) is 1.62. The van der Waals surface area contributed by atoms with Crippen molar-refractivity contribution in [1.82, 2.24) is 10.5 Å². The average Bonchev–Trinajstić information content (AvgIpc) is 2.99. The molecule has 1 heterocycles. The summed E-state index contributed by atoms with van der Waals surface area (Å²) in [5.41, 5.74) is 1.24. The number of carbonyl (C=O) groups excluding carboxylic acids is 1. The number of ether oxygens (including phenoxy) is 1. The lowest BCUT2D eigenvalue weighted by molar-refractivity contribution is 0.0188. The predicted octanol–water partition coefficient (Wildman–Crippen LogP) is 1.95. The molecule has 0 radical (unpaired) electrons. The molecule has 0 saturated carbocycles. The zero-order valence-corrected chi connectivity index (χ0v) is 13.3. The first kappa shape index (κ1) is 15.6. The highest BCUT2D eigenvalue weighted by Gasteiger charge is 2.35. The normalized spacial score (nSPS) is 20.0. The fourth-order valence-corrected chi connectivity index (χ4v) is 3.09. The highest BCUT2D eigenvalue weighted by Crippen LogP contribution is 2.36. The molecule has 3 rings (SSSR count). The van der Waals surface area contributed by atoms with Gasteiger partial charge in [-0.05, 0) is 49.4 Å². The van der Waals surface area contributed by atoms with Crippen LogP contribution in [0.4, 0.5) is 0 Å². The maximum atomic E-state index is 12.2. The van der Waals surface area contributed by atoms with Gasteiger partial charge in [-0.2, -0.15) is 0 Å². The molecule has 122 valence electrons. The van der Waals surface area contributed by atoms with E-state index in [1.165, 1.54) is 6.20 Å². The lowest BCUT2D eigenvalue weighted by Gasteiger charge is -2.34. The highest BCUT2D eigenvalue weighted by molar-refractivity contribution is 5.94. The number of hydrogen-bond donors (Lipinski definition) is 2. The van der Waals surface area contributed by atoms with Crippen molar-refractivity contribution in [2.75, 3.05) is 13.7 Å². The molecule has 1 atom stereocenters. The van der Waals surface area contributed by atoms with Crippen molar-refractivity contribution in [1.29, 1.82) is 0 Å². The van der Waals surface area contributed by atoms with Gasteiger partial charge in [-0.1, -0.05) is 11.2 Å². The molecule has 1 aromatic heterocycles. The maximum Gasteiger partial charge on any atom is 0.256 e. The van der Waals surface area contributed by atoms with Crippen molar-refractivity contribution in [3.05, 3.63) is 46.8 Å². The molecule has 0 fully saturated rings. The molecule has 0 unspecified atom stereocenters. The van der Waals surface area contributed by atoms with Gasteiger partial charge in [0.2, 0.25) is 0 Å². The van der Waals surface area contributed by atoms with Gasteiger partial charge in [0.15, 0.2) is 0 Å². The van der Waals surface area contributed by atoms with Crippen LogP contribution in [0.15, 0.2) is 28.9 Å². The first-order chi connectivity index (χ1) is 11.0. The summed E-state index contributed by atoms with van der Waals surface area (Å²) in [6, 6.07) is 5.66. The van der Waals surface area contributed by atoms with Crippen LogP contribution in [0, 0.1) is 6.92 Å². The van der Waals surface area contributed by atoms with E-state index in [-0.39, 0.29) is 12.5 Å². The predicted molar refractivity (Wildman–Crippen MR) is 83.4 cm³/mol. The van der Waals surface area contributed by atoms with Crippen LogP contribution in [-0.4, -0.2) is 29.8 Å². The Morgan fingerprint density at radius 2 is 2.35 bits per heavy atom. The molecule has 0 aliphatic heterocycles. The zero-order valence-electron chi connectivity index (χ0n) is 13.3. The third-order valence-corrected chi connectivity index (χ3v) is 4.39. The summed E-state index contributed by atoms with van der Waals surface area (Å²) in [4.78, 5) is 12.2. The van der Waals surface area contributed by atoms with Crippen LogP contribution in [0.25, 0.3) is 0 Å². The lowest BCUT2D eigenvalue weighted by atomic mass is 9.79. The summed E-state index contributed by atoms with van der Waals surface area (Å²) >= 11 is 0. The molecular weight excluding hydrogens is 296 g/mol. The fourth-order valence-electron chi connectivity index (χ4n) is 3.09. The molecule has 1 aromatic carbocycles. The second-order valence-electron chi connectivity index (χ2n) is 5.89. The number of nitrogens with one attached hydrogen (secondary N) is 1. The number of methoxy groups -OCH3 is 1. The maximum absolute atomic E-state index is 12.2. The van der Waals surface area contributed by atoms with Gasteiger partial charge in [0.1, 0.15) is 22.7 Å². The van der Waals surface area contributed by atoms with Gasteiger partial charge in [0, 0.05) is 0 Å². The molecule has 2 N–H and O–H groups in total. The number of nitrogens with zero attached hydrogens (tertiary/aromatic N) is 1. The van der Waals surface area contributed by atoms with E-state index in [0.29, 0.717) is 17.7 Å². The number of aliphatic hydroxyl groups is 1. The highest BCUT2D eigenvalue weighted by atomic mass is 16.5. The zero-order chi connectivity index (χ0) is 16.4. The van der Waals surface area contributed by atoms with Crippen molar-refractivity contribution in [3.8, 4) is 5.75 Å². The minimum atomic E-state index is -1.07. The van der Waals surface area contributed by atoms with Crippen LogP contribution >= 0.6 is 0 Å². The van der Waals surface area contributed by atoms with Crippen LogP contribution < -0.4 is 10.1 Å². The van der Waals surface area contributed by atoms with E-state index >= 15 is 0 Å². The molecule has 23 heavy (non-hydrogen) atoms. The van der Waals surface area contributed by atoms with E-state index in [2.05, 4.69) is 10.5 Å². The van der Waals surface area contributed by atoms with E-state index in [1.54, 1.807) is 14.0 Å². The first-order valence-corrected chi connectivity index (χ1v) is 7.63. The molecule has 1 amide bonds. The Bertz CT molecular complexity index is 725. The van der Waals surface area contributed by atoms with Gasteiger partial charge in [-0.15, -0.1) is 0 Å². The molecule has 2 aromatic rings. The van der Waals surface area contributed by atoms with Crippen molar-refractivity contribution in [2.24, 2.45) is 0 Å². The Morgan fingerprint density at radius 1 is 1.52 bits per heavy atom. The van der Waals surface area contributed by atoms with E-state index in [0.717, 1.165) is 29.7 Å². The molecule has 0 spiro atoms. The Hall–Kier alpha value is -2.34. The molecule has 0 bridgehead atoms. The van der Waals surface area contributed by atoms with Crippen LogP contribution in [0.5, 0.6) is 5.75 Å². The SMILES string of the molecule is COc1ccc2c(c1)CCC[C@]2(O)CNC(=O)c1cnoc1C. The Labute approximate surface area is 134 Å².